The molecule has 2 heteroatoms. The van der Waals surface area contributed by atoms with Crippen LogP contribution in [0, 0.1) is 11.8 Å². The fourth-order valence-corrected chi connectivity index (χ4v) is 3.25. The zero-order chi connectivity index (χ0) is 12.6. The Bertz CT molecular complexity index is 299. The summed E-state index contributed by atoms with van der Waals surface area (Å²) >= 11 is 0. The first-order chi connectivity index (χ1) is 8.88. The predicted octanol–water partition coefficient (Wildman–Crippen LogP) is 4.66. The Morgan fingerprint density at radius 3 is 2.72 bits per heavy atom. The highest BCUT2D eigenvalue weighted by atomic mass is 15.0. The smallest absolute Gasteiger partial charge is 0.0945 e. The van der Waals surface area contributed by atoms with E-state index in [9.17, 15) is 0 Å². The largest absolute Gasteiger partial charge is 0.337 e. The highest BCUT2D eigenvalue weighted by molar-refractivity contribution is 4.75. The molecule has 0 aromatic carbocycles. The molecule has 0 spiro atoms. The van der Waals surface area contributed by atoms with E-state index in [0.717, 1.165) is 18.4 Å². The number of aromatic nitrogens is 2. The maximum atomic E-state index is 4.11. The summed E-state index contributed by atoms with van der Waals surface area (Å²) in [5.74, 6) is 1.95. The lowest BCUT2D eigenvalue weighted by Crippen LogP contribution is -2.10. The third-order valence-electron chi connectivity index (χ3n) is 4.64. The van der Waals surface area contributed by atoms with Crippen LogP contribution in [0.5, 0.6) is 0 Å². The van der Waals surface area contributed by atoms with Crippen molar-refractivity contribution in [2.75, 3.05) is 0 Å². The van der Waals surface area contributed by atoms with Crippen molar-refractivity contribution in [3.05, 3.63) is 18.7 Å². The van der Waals surface area contributed by atoms with Crippen molar-refractivity contribution in [1.82, 2.24) is 9.55 Å². The van der Waals surface area contributed by atoms with Crippen LogP contribution in [-0.2, 0) is 6.54 Å². The van der Waals surface area contributed by atoms with Gasteiger partial charge in [-0.3, -0.25) is 0 Å². The molecule has 1 aliphatic carbocycles. The van der Waals surface area contributed by atoms with E-state index in [2.05, 4.69) is 22.7 Å². The minimum absolute atomic E-state index is 0.911. The van der Waals surface area contributed by atoms with Gasteiger partial charge in [-0.2, -0.15) is 0 Å². The number of aryl methyl sites for hydroxylation is 1. The van der Waals surface area contributed by atoms with Crippen LogP contribution in [0.2, 0.25) is 0 Å². The first kappa shape index (κ1) is 13.6. The Kier molecular flexibility index (Phi) is 5.76. The lowest BCUT2D eigenvalue weighted by Gasteiger charge is -2.24. The minimum atomic E-state index is 0.911. The summed E-state index contributed by atoms with van der Waals surface area (Å²) in [4.78, 5) is 4.11. The van der Waals surface area contributed by atoms with Crippen molar-refractivity contribution in [2.24, 2.45) is 11.8 Å². The van der Waals surface area contributed by atoms with Crippen LogP contribution in [-0.4, -0.2) is 9.55 Å². The molecule has 0 bridgehead atoms. The van der Waals surface area contributed by atoms with Crippen molar-refractivity contribution < 1.29 is 0 Å². The topological polar surface area (TPSA) is 17.8 Å². The molecule has 2 rings (SSSR count). The zero-order valence-electron chi connectivity index (χ0n) is 11.9. The molecule has 1 atom stereocenters. The molecular weight excluding hydrogens is 220 g/mol. The van der Waals surface area contributed by atoms with Gasteiger partial charge in [-0.1, -0.05) is 58.3 Å². The molecule has 0 aliphatic heterocycles. The Balaban J connectivity index is 1.65. The molecule has 2 nitrogen and oxygen atoms in total. The fraction of sp³-hybridized carbons (Fsp3) is 0.812. The zero-order valence-corrected chi connectivity index (χ0v) is 11.9. The molecule has 1 unspecified atom stereocenters. The lowest BCUT2D eigenvalue weighted by atomic mass is 9.83. The van der Waals surface area contributed by atoms with Crippen LogP contribution < -0.4 is 0 Å². The van der Waals surface area contributed by atoms with Gasteiger partial charge in [0.25, 0.3) is 0 Å². The summed E-state index contributed by atoms with van der Waals surface area (Å²) < 4.78 is 2.21. The summed E-state index contributed by atoms with van der Waals surface area (Å²) in [5.41, 5.74) is 0. The summed E-state index contributed by atoms with van der Waals surface area (Å²) in [7, 11) is 0. The maximum Gasteiger partial charge on any atom is 0.0945 e. The number of hydrogen-bond donors (Lipinski definition) is 0. The molecule has 1 aromatic heterocycles. The summed E-state index contributed by atoms with van der Waals surface area (Å²) in [6, 6.07) is 0. The van der Waals surface area contributed by atoms with E-state index in [1.54, 1.807) is 0 Å². The van der Waals surface area contributed by atoms with Gasteiger partial charge in [0.15, 0.2) is 0 Å². The molecule has 1 aliphatic rings. The van der Waals surface area contributed by atoms with E-state index in [4.69, 9.17) is 0 Å². The van der Waals surface area contributed by atoms with Crippen molar-refractivity contribution in [2.45, 2.75) is 71.3 Å². The van der Waals surface area contributed by atoms with Gasteiger partial charge in [0.05, 0.1) is 6.33 Å². The monoisotopic (exact) mass is 248 g/mol. The third-order valence-corrected chi connectivity index (χ3v) is 4.64. The van der Waals surface area contributed by atoms with Crippen molar-refractivity contribution in [3.63, 3.8) is 0 Å². The van der Waals surface area contributed by atoms with Gasteiger partial charge in [0, 0.05) is 18.9 Å². The van der Waals surface area contributed by atoms with Crippen LogP contribution in [0.3, 0.4) is 0 Å². The van der Waals surface area contributed by atoms with Crippen LogP contribution in [0.1, 0.15) is 64.7 Å². The summed E-state index contributed by atoms with van der Waals surface area (Å²) in [6.45, 7) is 3.49. The summed E-state index contributed by atoms with van der Waals surface area (Å²) in [5, 5.41) is 0. The van der Waals surface area contributed by atoms with E-state index in [-0.39, 0.29) is 0 Å². The molecule has 1 fully saturated rings. The van der Waals surface area contributed by atoms with Gasteiger partial charge >= 0.3 is 0 Å². The molecule has 1 saturated carbocycles. The Morgan fingerprint density at radius 1 is 1.22 bits per heavy atom. The van der Waals surface area contributed by atoms with E-state index >= 15 is 0 Å². The molecule has 0 saturated heterocycles. The average molecular weight is 248 g/mol. The SMILES string of the molecule is CCC(CCC1CCCCC1)CCn1ccnc1. The molecule has 0 N–H and O–H groups in total. The van der Waals surface area contributed by atoms with Crippen LogP contribution >= 0.6 is 0 Å². The molecule has 1 heterocycles. The average Bonchev–Trinajstić information content (AvgIpc) is 2.93. The van der Waals surface area contributed by atoms with Crippen molar-refractivity contribution >= 4 is 0 Å². The van der Waals surface area contributed by atoms with Crippen LogP contribution in [0.25, 0.3) is 0 Å². The van der Waals surface area contributed by atoms with Gasteiger partial charge in [0.1, 0.15) is 0 Å². The highest BCUT2D eigenvalue weighted by Gasteiger charge is 2.15. The fourth-order valence-electron chi connectivity index (χ4n) is 3.25. The van der Waals surface area contributed by atoms with Crippen molar-refractivity contribution in [3.8, 4) is 0 Å². The molecule has 1 aromatic rings. The molecular formula is C16H28N2. The second-order valence-corrected chi connectivity index (χ2v) is 5.94. The van der Waals surface area contributed by atoms with Gasteiger partial charge in [-0.05, 0) is 18.3 Å². The Hall–Kier alpha value is -0.790. The summed E-state index contributed by atoms with van der Waals surface area (Å²) in [6.07, 6.45) is 18.9. The molecule has 0 radical (unpaired) electrons. The van der Waals surface area contributed by atoms with Gasteiger partial charge in [-0.25, -0.2) is 4.98 Å². The van der Waals surface area contributed by atoms with E-state index < -0.39 is 0 Å². The van der Waals surface area contributed by atoms with Gasteiger partial charge in [-0.15, -0.1) is 0 Å². The maximum absolute atomic E-state index is 4.11. The van der Waals surface area contributed by atoms with Crippen LogP contribution in [0.4, 0.5) is 0 Å². The molecule has 18 heavy (non-hydrogen) atoms. The van der Waals surface area contributed by atoms with Crippen molar-refractivity contribution in [1.29, 1.82) is 0 Å². The second kappa shape index (κ2) is 7.60. The Morgan fingerprint density at radius 2 is 2.06 bits per heavy atom. The number of nitrogens with zero attached hydrogens (tertiary/aromatic N) is 2. The minimum Gasteiger partial charge on any atom is -0.337 e. The normalized spacial score (nSPS) is 18.9. The van der Waals surface area contributed by atoms with E-state index in [1.807, 2.05) is 12.5 Å². The first-order valence-corrected chi connectivity index (χ1v) is 7.84. The van der Waals surface area contributed by atoms with E-state index in [0.29, 0.717) is 0 Å². The second-order valence-electron chi connectivity index (χ2n) is 5.94. The predicted molar refractivity (Wildman–Crippen MR) is 76.4 cm³/mol. The number of imidazole rings is 1. The van der Waals surface area contributed by atoms with Gasteiger partial charge < -0.3 is 4.57 Å². The first-order valence-electron chi connectivity index (χ1n) is 7.84. The van der Waals surface area contributed by atoms with Crippen LogP contribution in [0.15, 0.2) is 18.7 Å². The quantitative estimate of drug-likeness (QED) is 0.686. The molecule has 0 amide bonds. The number of hydrogen-bond acceptors (Lipinski definition) is 1. The highest BCUT2D eigenvalue weighted by Crippen LogP contribution is 2.30. The standard InChI is InChI=1S/C16H28N2/c1-2-15(10-12-18-13-11-17-14-18)8-9-16-6-4-3-5-7-16/h11,13-16H,2-10,12H2,1H3. The van der Waals surface area contributed by atoms with E-state index in [1.165, 1.54) is 57.8 Å². The lowest BCUT2D eigenvalue weighted by molar-refractivity contribution is 0.294. The molecule has 102 valence electrons. The third kappa shape index (κ3) is 4.47. The number of rotatable bonds is 7. The Labute approximate surface area is 112 Å². The van der Waals surface area contributed by atoms with Gasteiger partial charge in [0.2, 0.25) is 0 Å².